The second kappa shape index (κ2) is 8.73. The van der Waals surface area contributed by atoms with Gasteiger partial charge in [-0.25, -0.2) is 0 Å². The number of anilines is 2. The minimum Gasteiger partial charge on any atom is -0.459 e. The van der Waals surface area contributed by atoms with Gasteiger partial charge in [-0.15, -0.1) is 10.2 Å². The summed E-state index contributed by atoms with van der Waals surface area (Å²) < 4.78 is 5.19. The summed E-state index contributed by atoms with van der Waals surface area (Å²) in [5, 5.41) is 8.56. The predicted molar refractivity (Wildman–Crippen MR) is 112 cm³/mol. The van der Waals surface area contributed by atoms with Crippen molar-refractivity contribution in [2.45, 2.75) is 12.8 Å². The summed E-state index contributed by atoms with van der Waals surface area (Å²) in [6.07, 6.45) is 3.12. The van der Waals surface area contributed by atoms with Gasteiger partial charge in [0.05, 0.1) is 6.26 Å². The zero-order chi connectivity index (χ0) is 21.1. The molecule has 0 saturated carbocycles. The molecule has 2 fully saturated rings. The van der Waals surface area contributed by atoms with Crippen LogP contribution in [0.5, 0.6) is 0 Å². The largest absolute Gasteiger partial charge is 0.459 e. The molecule has 0 unspecified atom stereocenters. The fourth-order valence-corrected chi connectivity index (χ4v) is 4.03. The Morgan fingerprint density at radius 1 is 0.967 bits per heavy atom. The molecule has 0 aliphatic carbocycles. The molecule has 2 saturated heterocycles. The van der Waals surface area contributed by atoms with Gasteiger partial charge in [0, 0.05) is 59.3 Å². The molecule has 9 heteroatoms. The number of aromatic nitrogens is 2. The van der Waals surface area contributed by atoms with Gasteiger partial charge in [0.1, 0.15) is 0 Å². The molecular formula is C21H28N6O3. The maximum Gasteiger partial charge on any atom is 0.289 e. The van der Waals surface area contributed by atoms with Crippen molar-refractivity contribution < 1.29 is 14.0 Å². The van der Waals surface area contributed by atoms with E-state index in [-0.39, 0.29) is 17.7 Å². The van der Waals surface area contributed by atoms with Crippen LogP contribution in [0.4, 0.5) is 11.6 Å². The van der Waals surface area contributed by atoms with Crippen LogP contribution in [0, 0.1) is 5.92 Å². The molecule has 0 N–H and O–H groups in total. The van der Waals surface area contributed by atoms with E-state index in [4.69, 9.17) is 4.42 Å². The summed E-state index contributed by atoms with van der Waals surface area (Å²) in [6, 6.07) is 7.33. The van der Waals surface area contributed by atoms with Crippen LogP contribution in [0.1, 0.15) is 23.4 Å². The summed E-state index contributed by atoms with van der Waals surface area (Å²) in [7, 11) is 3.88. The number of hydrogen-bond donors (Lipinski definition) is 0. The van der Waals surface area contributed by atoms with Crippen molar-refractivity contribution in [1.82, 2.24) is 20.0 Å². The minimum absolute atomic E-state index is 0.0302. The van der Waals surface area contributed by atoms with Crippen LogP contribution in [0.3, 0.4) is 0 Å². The average molecular weight is 412 g/mol. The van der Waals surface area contributed by atoms with Gasteiger partial charge in [-0.3, -0.25) is 9.59 Å². The van der Waals surface area contributed by atoms with E-state index in [1.54, 1.807) is 17.0 Å². The lowest BCUT2D eigenvalue weighted by Gasteiger charge is -2.38. The van der Waals surface area contributed by atoms with Crippen molar-refractivity contribution in [1.29, 1.82) is 0 Å². The Hall–Kier alpha value is -3.10. The van der Waals surface area contributed by atoms with Gasteiger partial charge in [-0.05, 0) is 37.1 Å². The van der Waals surface area contributed by atoms with Gasteiger partial charge >= 0.3 is 0 Å². The number of carbonyl (C=O) groups is 2. The van der Waals surface area contributed by atoms with Crippen LogP contribution >= 0.6 is 0 Å². The van der Waals surface area contributed by atoms with Gasteiger partial charge in [-0.2, -0.15) is 0 Å². The first kappa shape index (κ1) is 20.2. The second-order valence-corrected chi connectivity index (χ2v) is 8.00. The molecule has 0 spiro atoms. The van der Waals surface area contributed by atoms with Crippen LogP contribution < -0.4 is 9.80 Å². The lowest BCUT2D eigenvalue weighted by Crippen LogP contribution is -2.53. The molecule has 9 nitrogen and oxygen atoms in total. The Morgan fingerprint density at radius 3 is 2.23 bits per heavy atom. The van der Waals surface area contributed by atoms with E-state index in [1.807, 2.05) is 36.0 Å². The third-order valence-electron chi connectivity index (χ3n) is 5.87. The molecule has 2 aromatic rings. The maximum atomic E-state index is 13.0. The Labute approximate surface area is 176 Å². The predicted octanol–water partition coefficient (Wildman–Crippen LogP) is 1.34. The first-order valence-electron chi connectivity index (χ1n) is 10.4. The number of furan rings is 1. The Bertz CT molecular complexity index is 851. The first-order valence-corrected chi connectivity index (χ1v) is 10.4. The fourth-order valence-electron chi connectivity index (χ4n) is 4.03. The quantitative estimate of drug-likeness (QED) is 0.749. The lowest BCUT2D eigenvalue weighted by atomic mass is 9.95. The smallest absolute Gasteiger partial charge is 0.289 e. The number of piperazine rings is 1. The Kier molecular flexibility index (Phi) is 5.87. The Morgan fingerprint density at radius 2 is 1.67 bits per heavy atom. The van der Waals surface area contributed by atoms with Crippen molar-refractivity contribution in [3.05, 3.63) is 36.3 Å². The van der Waals surface area contributed by atoms with Crippen molar-refractivity contribution >= 4 is 23.5 Å². The summed E-state index contributed by atoms with van der Waals surface area (Å²) in [4.78, 5) is 33.1. The normalized spacial score (nSPS) is 17.9. The van der Waals surface area contributed by atoms with E-state index < -0.39 is 0 Å². The van der Waals surface area contributed by atoms with E-state index in [0.717, 1.165) is 37.6 Å². The SMILES string of the molecule is CN(C)c1ccc(N2CCC(C(=O)N3CCN(C(=O)c4ccco4)CC3)CC2)nn1. The minimum atomic E-state index is -0.109. The molecule has 2 amide bonds. The van der Waals surface area contributed by atoms with Crippen molar-refractivity contribution in [2.24, 2.45) is 5.92 Å². The van der Waals surface area contributed by atoms with Gasteiger partial charge < -0.3 is 24.0 Å². The van der Waals surface area contributed by atoms with Crippen LogP contribution in [0.15, 0.2) is 34.9 Å². The summed E-state index contributed by atoms with van der Waals surface area (Å²) in [6.45, 7) is 3.81. The monoisotopic (exact) mass is 412 g/mol. The zero-order valence-electron chi connectivity index (χ0n) is 17.5. The molecule has 2 aromatic heterocycles. The number of carbonyl (C=O) groups excluding carboxylic acids is 2. The van der Waals surface area contributed by atoms with Crippen molar-refractivity contribution in [3.8, 4) is 0 Å². The highest BCUT2D eigenvalue weighted by Gasteiger charge is 2.32. The van der Waals surface area contributed by atoms with Crippen molar-refractivity contribution in [2.75, 3.05) is 63.2 Å². The third-order valence-corrected chi connectivity index (χ3v) is 5.87. The molecule has 160 valence electrons. The number of hydrogen-bond acceptors (Lipinski definition) is 7. The average Bonchev–Trinajstić information content (AvgIpc) is 3.33. The maximum absolute atomic E-state index is 13.0. The van der Waals surface area contributed by atoms with Crippen LogP contribution in [-0.2, 0) is 4.79 Å². The number of nitrogens with zero attached hydrogens (tertiary/aromatic N) is 6. The van der Waals surface area contributed by atoms with E-state index in [2.05, 4.69) is 15.1 Å². The van der Waals surface area contributed by atoms with Crippen LogP contribution in [0.2, 0.25) is 0 Å². The summed E-state index contributed by atoms with van der Waals surface area (Å²) >= 11 is 0. The van der Waals surface area contributed by atoms with Crippen LogP contribution in [-0.4, -0.2) is 85.2 Å². The molecule has 4 rings (SSSR count). The number of rotatable bonds is 4. The van der Waals surface area contributed by atoms with Gasteiger partial charge in [0.25, 0.3) is 5.91 Å². The second-order valence-electron chi connectivity index (χ2n) is 8.00. The molecule has 0 aromatic carbocycles. The lowest BCUT2D eigenvalue weighted by molar-refractivity contribution is -0.137. The molecule has 2 aliphatic heterocycles. The highest BCUT2D eigenvalue weighted by molar-refractivity contribution is 5.91. The summed E-state index contributed by atoms with van der Waals surface area (Å²) in [5.41, 5.74) is 0. The first-order chi connectivity index (χ1) is 14.5. The molecule has 30 heavy (non-hydrogen) atoms. The molecule has 0 radical (unpaired) electrons. The molecule has 0 bridgehead atoms. The van der Waals surface area contributed by atoms with Crippen molar-refractivity contribution in [3.63, 3.8) is 0 Å². The van der Waals surface area contributed by atoms with E-state index in [9.17, 15) is 9.59 Å². The van der Waals surface area contributed by atoms with Gasteiger partial charge in [0.2, 0.25) is 5.91 Å². The summed E-state index contributed by atoms with van der Waals surface area (Å²) in [5.74, 6) is 2.16. The van der Waals surface area contributed by atoms with Gasteiger partial charge in [-0.1, -0.05) is 0 Å². The number of amides is 2. The highest BCUT2D eigenvalue weighted by Crippen LogP contribution is 2.24. The standard InChI is InChI=1S/C21H28N6O3/c1-24(2)18-5-6-19(23-22-18)25-9-7-16(8-10-25)20(28)26-11-13-27(14-12-26)21(29)17-4-3-15-30-17/h3-6,15-16H,7-14H2,1-2H3. The topological polar surface area (TPSA) is 86.0 Å². The third kappa shape index (κ3) is 4.24. The Balaban J connectivity index is 1.26. The molecule has 0 atom stereocenters. The molecule has 2 aliphatic rings. The molecule has 4 heterocycles. The molecular weight excluding hydrogens is 384 g/mol. The number of piperidine rings is 1. The van der Waals surface area contributed by atoms with E-state index in [0.29, 0.717) is 31.9 Å². The van der Waals surface area contributed by atoms with Gasteiger partial charge in [0.15, 0.2) is 17.4 Å². The van der Waals surface area contributed by atoms with E-state index in [1.165, 1.54) is 6.26 Å². The van der Waals surface area contributed by atoms with Crippen LogP contribution in [0.25, 0.3) is 0 Å². The van der Waals surface area contributed by atoms with E-state index >= 15 is 0 Å². The fraction of sp³-hybridized carbons (Fsp3) is 0.524. The highest BCUT2D eigenvalue weighted by atomic mass is 16.3. The zero-order valence-corrected chi connectivity index (χ0v) is 17.5.